The highest BCUT2D eigenvalue weighted by molar-refractivity contribution is 6.31. The molecule has 0 atom stereocenters. The SMILES string of the molecule is CCn1cc([N+](=O)[O-])c(C(=O)N2CCN(Cc3ccc(F)cc3Cl)CC2)n1. The summed E-state index contributed by atoms with van der Waals surface area (Å²) in [7, 11) is 0. The number of piperazine rings is 1. The Kier molecular flexibility index (Phi) is 5.71. The lowest BCUT2D eigenvalue weighted by Gasteiger charge is -2.34. The number of nitro groups is 1. The van der Waals surface area contributed by atoms with Gasteiger partial charge in [0.1, 0.15) is 12.0 Å². The molecule has 0 radical (unpaired) electrons. The van der Waals surface area contributed by atoms with Gasteiger partial charge in [-0.1, -0.05) is 17.7 Å². The van der Waals surface area contributed by atoms with Crippen molar-refractivity contribution in [3.63, 3.8) is 0 Å². The van der Waals surface area contributed by atoms with E-state index in [0.717, 1.165) is 5.56 Å². The van der Waals surface area contributed by atoms with Gasteiger partial charge in [-0.05, 0) is 24.6 Å². The van der Waals surface area contributed by atoms with Crippen molar-refractivity contribution in [1.29, 1.82) is 0 Å². The van der Waals surface area contributed by atoms with Crippen LogP contribution in [0.4, 0.5) is 10.1 Å². The highest BCUT2D eigenvalue weighted by Gasteiger charge is 2.31. The summed E-state index contributed by atoms with van der Waals surface area (Å²) in [5.41, 5.74) is 0.412. The molecule has 1 aromatic heterocycles. The van der Waals surface area contributed by atoms with Gasteiger partial charge in [0.2, 0.25) is 5.69 Å². The predicted molar refractivity (Wildman–Crippen MR) is 97.1 cm³/mol. The smallest absolute Gasteiger partial charge is 0.320 e. The number of nitrogens with zero attached hydrogens (tertiary/aromatic N) is 5. The summed E-state index contributed by atoms with van der Waals surface area (Å²) in [5, 5.41) is 15.6. The average Bonchev–Trinajstić information content (AvgIpc) is 3.09. The van der Waals surface area contributed by atoms with Crippen LogP contribution in [-0.4, -0.2) is 56.6 Å². The molecule has 1 saturated heterocycles. The first kappa shape index (κ1) is 19.2. The molecule has 1 amide bonds. The van der Waals surface area contributed by atoms with E-state index in [9.17, 15) is 19.3 Å². The number of carbonyl (C=O) groups is 1. The standard InChI is InChI=1S/C17H19ClFN5O3/c1-2-23-11-15(24(26)27)16(20-23)17(25)22-7-5-21(6-8-22)10-12-3-4-13(19)9-14(12)18/h3-4,9,11H,2,5-8,10H2,1H3. The van der Waals surface area contributed by atoms with Crippen LogP contribution in [0.15, 0.2) is 24.4 Å². The molecule has 144 valence electrons. The molecule has 0 unspecified atom stereocenters. The van der Waals surface area contributed by atoms with Crippen molar-refractivity contribution in [2.45, 2.75) is 20.0 Å². The first-order valence-electron chi connectivity index (χ1n) is 8.56. The van der Waals surface area contributed by atoms with Crippen molar-refractivity contribution in [3.05, 3.63) is 56.6 Å². The highest BCUT2D eigenvalue weighted by atomic mass is 35.5. The van der Waals surface area contributed by atoms with Gasteiger partial charge in [0.25, 0.3) is 5.91 Å². The molecule has 1 aromatic carbocycles. The van der Waals surface area contributed by atoms with Gasteiger partial charge < -0.3 is 4.90 Å². The first-order chi connectivity index (χ1) is 12.9. The molecule has 0 bridgehead atoms. The molecule has 10 heteroatoms. The van der Waals surface area contributed by atoms with E-state index < -0.39 is 10.8 Å². The molecule has 2 aromatic rings. The molecule has 1 aliphatic rings. The minimum atomic E-state index is -0.584. The third-order valence-corrected chi connectivity index (χ3v) is 4.89. The Morgan fingerprint density at radius 3 is 2.63 bits per heavy atom. The van der Waals surface area contributed by atoms with Crippen molar-refractivity contribution in [2.75, 3.05) is 26.2 Å². The second-order valence-corrected chi connectivity index (χ2v) is 6.69. The molecular formula is C17H19ClFN5O3. The van der Waals surface area contributed by atoms with Gasteiger partial charge in [-0.25, -0.2) is 4.39 Å². The Hall–Kier alpha value is -2.52. The van der Waals surface area contributed by atoms with Crippen LogP contribution in [0.3, 0.4) is 0 Å². The lowest BCUT2D eigenvalue weighted by molar-refractivity contribution is -0.385. The van der Waals surface area contributed by atoms with Gasteiger partial charge in [0.15, 0.2) is 0 Å². The maximum absolute atomic E-state index is 13.1. The fraction of sp³-hybridized carbons (Fsp3) is 0.412. The summed E-state index contributed by atoms with van der Waals surface area (Å²) in [5.74, 6) is -0.819. The summed E-state index contributed by atoms with van der Waals surface area (Å²) in [6.07, 6.45) is 1.28. The van der Waals surface area contributed by atoms with Crippen molar-refractivity contribution < 1.29 is 14.1 Å². The molecule has 3 rings (SSSR count). The van der Waals surface area contributed by atoms with Crippen LogP contribution in [0.2, 0.25) is 5.02 Å². The number of hydrogen-bond donors (Lipinski definition) is 0. The number of carbonyl (C=O) groups excluding carboxylic acids is 1. The van der Waals surface area contributed by atoms with Crippen LogP contribution in [0.25, 0.3) is 0 Å². The van der Waals surface area contributed by atoms with Crippen LogP contribution < -0.4 is 0 Å². The van der Waals surface area contributed by atoms with E-state index in [1.165, 1.54) is 23.0 Å². The lowest BCUT2D eigenvalue weighted by atomic mass is 10.2. The number of halogens is 2. The lowest BCUT2D eigenvalue weighted by Crippen LogP contribution is -2.48. The summed E-state index contributed by atoms with van der Waals surface area (Å²) < 4.78 is 14.5. The number of amides is 1. The summed E-state index contributed by atoms with van der Waals surface area (Å²) in [4.78, 5) is 26.9. The normalized spacial score (nSPS) is 15.1. The van der Waals surface area contributed by atoms with Crippen LogP contribution in [0.5, 0.6) is 0 Å². The maximum Gasteiger partial charge on any atom is 0.320 e. The largest absolute Gasteiger partial charge is 0.334 e. The molecule has 0 aliphatic carbocycles. The topological polar surface area (TPSA) is 84.5 Å². The number of aryl methyl sites for hydroxylation is 1. The van der Waals surface area contributed by atoms with Gasteiger partial charge in [-0.15, -0.1) is 0 Å². The summed E-state index contributed by atoms with van der Waals surface area (Å²) in [6, 6.07) is 4.29. The molecule has 8 nitrogen and oxygen atoms in total. The van der Waals surface area contributed by atoms with Gasteiger partial charge in [-0.2, -0.15) is 5.10 Å². The Bertz CT molecular complexity index is 864. The number of hydrogen-bond acceptors (Lipinski definition) is 5. The van der Waals surface area contributed by atoms with E-state index in [-0.39, 0.29) is 17.2 Å². The van der Waals surface area contributed by atoms with Crippen molar-refractivity contribution in [3.8, 4) is 0 Å². The van der Waals surface area contributed by atoms with Gasteiger partial charge >= 0.3 is 5.69 Å². The molecule has 27 heavy (non-hydrogen) atoms. The summed E-state index contributed by atoms with van der Waals surface area (Å²) >= 11 is 6.07. The second kappa shape index (κ2) is 8.01. The van der Waals surface area contributed by atoms with E-state index >= 15 is 0 Å². The number of aromatic nitrogens is 2. The van der Waals surface area contributed by atoms with Gasteiger partial charge in [-0.3, -0.25) is 24.5 Å². The van der Waals surface area contributed by atoms with E-state index in [0.29, 0.717) is 44.3 Å². The fourth-order valence-electron chi connectivity index (χ4n) is 3.01. The third-order valence-electron chi connectivity index (χ3n) is 4.53. The Labute approximate surface area is 160 Å². The van der Waals surface area contributed by atoms with E-state index in [1.807, 2.05) is 0 Å². The second-order valence-electron chi connectivity index (χ2n) is 6.28. The fourth-order valence-corrected chi connectivity index (χ4v) is 3.24. The predicted octanol–water partition coefficient (Wildman–Crippen LogP) is 2.56. The van der Waals surface area contributed by atoms with E-state index in [4.69, 9.17) is 11.6 Å². The molecule has 0 N–H and O–H groups in total. The Morgan fingerprint density at radius 1 is 1.33 bits per heavy atom. The van der Waals surface area contributed by atoms with E-state index in [1.54, 1.807) is 17.9 Å². The molecule has 0 spiro atoms. The highest BCUT2D eigenvalue weighted by Crippen LogP contribution is 2.22. The Balaban J connectivity index is 1.64. The van der Waals surface area contributed by atoms with Crippen molar-refractivity contribution >= 4 is 23.2 Å². The maximum atomic E-state index is 13.1. The molecular weight excluding hydrogens is 377 g/mol. The third kappa shape index (κ3) is 4.25. The molecule has 1 aliphatic heterocycles. The van der Waals surface area contributed by atoms with Crippen LogP contribution in [0, 0.1) is 15.9 Å². The monoisotopic (exact) mass is 395 g/mol. The van der Waals surface area contributed by atoms with Crippen LogP contribution in [0.1, 0.15) is 23.0 Å². The first-order valence-corrected chi connectivity index (χ1v) is 8.94. The Morgan fingerprint density at radius 2 is 2.04 bits per heavy atom. The average molecular weight is 396 g/mol. The molecule has 2 heterocycles. The van der Waals surface area contributed by atoms with Gasteiger partial charge in [0.05, 0.1) is 4.92 Å². The van der Waals surface area contributed by atoms with Crippen molar-refractivity contribution in [1.82, 2.24) is 19.6 Å². The number of benzene rings is 1. The zero-order chi connectivity index (χ0) is 19.6. The van der Waals surface area contributed by atoms with Gasteiger partial charge in [0, 0.05) is 44.3 Å². The van der Waals surface area contributed by atoms with E-state index in [2.05, 4.69) is 10.00 Å². The van der Waals surface area contributed by atoms with Crippen LogP contribution >= 0.6 is 11.6 Å². The quantitative estimate of drug-likeness (QED) is 0.573. The minimum Gasteiger partial charge on any atom is -0.334 e. The summed E-state index contributed by atoms with van der Waals surface area (Å²) in [6.45, 7) is 4.81. The van der Waals surface area contributed by atoms with Crippen molar-refractivity contribution in [2.24, 2.45) is 0 Å². The molecule has 0 saturated carbocycles. The zero-order valence-corrected chi connectivity index (χ0v) is 15.5. The minimum absolute atomic E-state index is 0.128. The zero-order valence-electron chi connectivity index (χ0n) is 14.8. The molecule has 1 fully saturated rings. The number of rotatable bonds is 5. The van der Waals surface area contributed by atoms with Crippen LogP contribution in [-0.2, 0) is 13.1 Å².